The number of sulfonamides is 1. The van der Waals surface area contributed by atoms with Gasteiger partial charge in [-0.25, -0.2) is 13.2 Å². The lowest BCUT2D eigenvalue weighted by molar-refractivity contribution is -0.191. The van der Waals surface area contributed by atoms with Crippen molar-refractivity contribution in [2.75, 3.05) is 24.6 Å². The van der Waals surface area contributed by atoms with Crippen LogP contribution in [0.4, 0.5) is 23.7 Å². The van der Waals surface area contributed by atoms with Gasteiger partial charge in [0.25, 0.3) is 18.3 Å². The lowest BCUT2D eigenvalue weighted by Crippen LogP contribution is -2.61. The van der Waals surface area contributed by atoms with Crippen LogP contribution >= 0.6 is 0 Å². The van der Waals surface area contributed by atoms with Crippen molar-refractivity contribution in [2.45, 2.75) is 87.7 Å². The van der Waals surface area contributed by atoms with Crippen LogP contribution in [0, 0.1) is 5.92 Å². The highest BCUT2D eigenvalue weighted by Crippen LogP contribution is 2.56. The van der Waals surface area contributed by atoms with E-state index in [4.69, 9.17) is 13.9 Å². The number of benzene rings is 2. The third kappa shape index (κ3) is 5.39. The van der Waals surface area contributed by atoms with E-state index in [0.29, 0.717) is 16.9 Å². The zero-order chi connectivity index (χ0) is 33.1. The van der Waals surface area contributed by atoms with Crippen molar-refractivity contribution >= 4 is 35.7 Å². The van der Waals surface area contributed by atoms with Crippen LogP contribution in [0.2, 0.25) is 16.6 Å². The number of hydrogen-bond acceptors (Lipinski definition) is 6. The number of nitrogens with zero attached hydrogens (tertiary/aromatic N) is 2. The van der Waals surface area contributed by atoms with Gasteiger partial charge in [0.15, 0.2) is 0 Å². The van der Waals surface area contributed by atoms with Crippen molar-refractivity contribution in [1.29, 1.82) is 0 Å². The normalized spacial score (nSPS) is 22.3. The molecule has 1 fully saturated rings. The summed E-state index contributed by atoms with van der Waals surface area (Å²) in [6.07, 6.45) is -6.20. The summed E-state index contributed by atoms with van der Waals surface area (Å²) in [5, 5.41) is 0. The molecule has 0 aromatic heterocycles. The minimum atomic E-state index is -4.78. The van der Waals surface area contributed by atoms with E-state index in [1.165, 1.54) is 31.4 Å². The molecule has 0 unspecified atom stereocenters. The van der Waals surface area contributed by atoms with Crippen LogP contribution in [-0.4, -0.2) is 66.2 Å². The Labute approximate surface area is 264 Å². The maximum atomic E-state index is 15.2. The number of allylic oxidation sites excluding steroid dienone is 1. The van der Waals surface area contributed by atoms with Gasteiger partial charge in [0, 0.05) is 17.6 Å². The first-order chi connectivity index (χ1) is 21.1. The Kier molecular flexibility index (Phi) is 8.75. The molecule has 0 bridgehead atoms. The summed E-state index contributed by atoms with van der Waals surface area (Å²) in [5.74, 6) is -1.52. The highest BCUT2D eigenvalue weighted by atomic mass is 32.2. The molecule has 5 rings (SSSR count). The molecule has 3 atom stereocenters. The molecule has 0 spiro atoms. The lowest BCUT2D eigenvalue weighted by Gasteiger charge is -2.48. The molecule has 2 aromatic rings. The lowest BCUT2D eigenvalue weighted by atomic mass is 9.78. The Hall–Kier alpha value is -3.19. The summed E-state index contributed by atoms with van der Waals surface area (Å²) in [7, 11) is -5.81. The molecule has 0 radical (unpaired) electrons. The van der Waals surface area contributed by atoms with Crippen molar-refractivity contribution in [1.82, 2.24) is 4.90 Å². The third-order valence-electron chi connectivity index (χ3n) is 9.62. The standard InChI is InChI=1S/C32H41F3N2O6SSi/c1-19(2)45(20(3)4,21(5)6)43-27-18-25(32(33,34)35)29(36-16-17-42-31(36)38)30-28(27)24-10-8-9-11-26(24)37(30)44(39,40)23-14-12-22(41-7)13-15-23/h8-15,19-21,25,29-30H,16-18H2,1-7H3/t25-,29+,30+/m0/s1. The van der Waals surface area contributed by atoms with Crippen LogP contribution in [0.5, 0.6) is 5.75 Å². The number of halogens is 3. The second kappa shape index (κ2) is 11.9. The van der Waals surface area contributed by atoms with Gasteiger partial charge in [0.05, 0.1) is 48.0 Å². The number of carbonyl (C=O) groups is 1. The number of hydrogen-bond donors (Lipinski definition) is 0. The number of anilines is 1. The van der Waals surface area contributed by atoms with Crippen molar-refractivity contribution in [3.63, 3.8) is 0 Å². The third-order valence-corrected chi connectivity index (χ3v) is 17.4. The van der Waals surface area contributed by atoms with Crippen LogP contribution in [-0.2, 0) is 19.2 Å². The minimum absolute atomic E-state index is 0.0513. The summed E-state index contributed by atoms with van der Waals surface area (Å²) in [6, 6.07) is 9.43. The topological polar surface area (TPSA) is 85.4 Å². The molecule has 2 heterocycles. The molecule has 3 aliphatic rings. The molecule has 2 aromatic carbocycles. The van der Waals surface area contributed by atoms with Crippen LogP contribution < -0.4 is 9.04 Å². The number of para-hydroxylation sites is 1. The fraction of sp³-hybridized carbons (Fsp3) is 0.531. The molecular formula is C32H41F3N2O6SSi. The molecule has 0 N–H and O–H groups in total. The average Bonchev–Trinajstić information content (AvgIpc) is 3.56. The summed E-state index contributed by atoms with van der Waals surface area (Å²) in [4.78, 5) is 13.9. The van der Waals surface area contributed by atoms with E-state index in [2.05, 4.69) is 0 Å². The largest absolute Gasteiger partial charge is 0.545 e. The number of methoxy groups -OCH3 is 1. The maximum Gasteiger partial charge on any atom is 0.410 e. The number of fused-ring (bicyclic) bond motifs is 3. The van der Waals surface area contributed by atoms with Crippen LogP contribution in [0.25, 0.3) is 5.57 Å². The second-order valence-corrected chi connectivity index (χ2v) is 20.0. The number of ether oxygens (including phenoxy) is 2. The molecule has 2 aliphatic heterocycles. The Morgan fingerprint density at radius 3 is 2.07 bits per heavy atom. The van der Waals surface area contributed by atoms with Gasteiger partial charge in [-0.15, -0.1) is 0 Å². The van der Waals surface area contributed by atoms with Gasteiger partial charge in [-0.2, -0.15) is 13.2 Å². The number of carbonyl (C=O) groups excluding carboxylic acids is 1. The number of amides is 1. The molecule has 1 aliphatic carbocycles. The molecular weight excluding hydrogens is 626 g/mol. The second-order valence-electron chi connectivity index (χ2n) is 12.8. The van der Waals surface area contributed by atoms with E-state index in [9.17, 15) is 13.2 Å². The van der Waals surface area contributed by atoms with Gasteiger partial charge in [-0.3, -0.25) is 9.21 Å². The Balaban J connectivity index is 1.83. The van der Waals surface area contributed by atoms with Crippen molar-refractivity contribution in [3.8, 4) is 5.75 Å². The number of alkyl halides is 3. The molecule has 1 saturated heterocycles. The van der Waals surface area contributed by atoms with Gasteiger partial charge in [-0.1, -0.05) is 59.7 Å². The predicted molar refractivity (Wildman–Crippen MR) is 168 cm³/mol. The highest BCUT2D eigenvalue weighted by Gasteiger charge is 2.62. The fourth-order valence-corrected chi connectivity index (χ4v) is 14.8. The Morgan fingerprint density at radius 1 is 0.956 bits per heavy atom. The van der Waals surface area contributed by atoms with E-state index in [0.717, 1.165) is 9.21 Å². The van der Waals surface area contributed by atoms with Crippen LogP contribution in [0.15, 0.2) is 59.2 Å². The van der Waals surface area contributed by atoms with E-state index < -0.39 is 55.0 Å². The molecule has 246 valence electrons. The van der Waals surface area contributed by atoms with E-state index in [-0.39, 0.29) is 46.1 Å². The fourth-order valence-electron chi connectivity index (χ4n) is 7.77. The first-order valence-corrected chi connectivity index (χ1v) is 18.8. The number of rotatable bonds is 9. The van der Waals surface area contributed by atoms with Crippen molar-refractivity contribution in [3.05, 3.63) is 59.9 Å². The van der Waals surface area contributed by atoms with Gasteiger partial charge in [0.2, 0.25) is 0 Å². The molecule has 13 heteroatoms. The zero-order valence-electron chi connectivity index (χ0n) is 26.6. The van der Waals surface area contributed by atoms with E-state index >= 15 is 13.2 Å². The molecule has 8 nitrogen and oxygen atoms in total. The predicted octanol–water partition coefficient (Wildman–Crippen LogP) is 7.58. The van der Waals surface area contributed by atoms with Crippen LogP contribution in [0.1, 0.15) is 53.5 Å². The smallest absolute Gasteiger partial charge is 0.410 e. The van der Waals surface area contributed by atoms with Gasteiger partial charge in [0.1, 0.15) is 12.4 Å². The van der Waals surface area contributed by atoms with Gasteiger partial charge < -0.3 is 13.9 Å². The maximum absolute atomic E-state index is 15.2. The number of cyclic esters (lactones) is 1. The average molecular weight is 667 g/mol. The SMILES string of the molecule is COc1ccc(S(=O)(=O)N2c3ccccc3C3=C(O[Si](C(C)C)(C(C)C)C(C)C)C[C@H](C(F)(F)F)[C@@H](N4CCOC4=O)[C@@H]32)cc1. The van der Waals surface area contributed by atoms with Crippen molar-refractivity contribution < 1.29 is 40.3 Å². The molecule has 45 heavy (non-hydrogen) atoms. The Bertz CT molecular complexity index is 1550. The first kappa shape index (κ1) is 33.2. The summed E-state index contributed by atoms with van der Waals surface area (Å²) in [5.41, 5.74) is 1.25. The summed E-state index contributed by atoms with van der Waals surface area (Å²) in [6.45, 7) is 12.1. The zero-order valence-corrected chi connectivity index (χ0v) is 28.4. The monoisotopic (exact) mass is 666 g/mol. The summed E-state index contributed by atoms with van der Waals surface area (Å²) < 4.78 is 93.3. The van der Waals surface area contributed by atoms with Gasteiger partial charge >= 0.3 is 12.3 Å². The van der Waals surface area contributed by atoms with Crippen LogP contribution in [0.3, 0.4) is 0 Å². The summed E-state index contributed by atoms with van der Waals surface area (Å²) >= 11 is 0. The molecule has 1 amide bonds. The van der Waals surface area contributed by atoms with Gasteiger partial charge in [-0.05, 0) is 47.0 Å². The first-order valence-electron chi connectivity index (χ1n) is 15.3. The van der Waals surface area contributed by atoms with E-state index in [1.807, 2.05) is 41.5 Å². The van der Waals surface area contributed by atoms with Crippen molar-refractivity contribution in [2.24, 2.45) is 5.92 Å². The highest BCUT2D eigenvalue weighted by molar-refractivity contribution is 7.93. The molecule has 0 saturated carbocycles. The Morgan fingerprint density at radius 2 is 1.56 bits per heavy atom. The minimum Gasteiger partial charge on any atom is -0.545 e. The van der Waals surface area contributed by atoms with E-state index in [1.54, 1.807) is 24.3 Å². The quantitative estimate of drug-likeness (QED) is 0.257.